The van der Waals surface area contributed by atoms with Crippen LogP contribution in [0.5, 0.6) is 0 Å². The third-order valence-corrected chi connectivity index (χ3v) is 4.74. The van der Waals surface area contributed by atoms with Gasteiger partial charge in [0.25, 0.3) is 0 Å². The zero-order valence-electron chi connectivity index (χ0n) is 11.6. The molecular weight excluding hydrogens is 269 g/mol. The SMILES string of the molecule is NC(=O)C1CCC(NC2CCCC(C(F)(F)F)C2)CC1. The zero-order valence-corrected chi connectivity index (χ0v) is 11.6. The number of nitrogens with one attached hydrogen (secondary N) is 1. The summed E-state index contributed by atoms with van der Waals surface area (Å²) in [7, 11) is 0. The lowest BCUT2D eigenvalue weighted by Crippen LogP contribution is -2.45. The highest BCUT2D eigenvalue weighted by Crippen LogP contribution is 2.38. The van der Waals surface area contributed by atoms with Crippen molar-refractivity contribution < 1.29 is 18.0 Å². The van der Waals surface area contributed by atoms with E-state index in [2.05, 4.69) is 5.32 Å². The van der Waals surface area contributed by atoms with Crippen LogP contribution >= 0.6 is 0 Å². The van der Waals surface area contributed by atoms with Crippen molar-refractivity contribution in [2.24, 2.45) is 17.6 Å². The molecule has 2 atom stereocenters. The van der Waals surface area contributed by atoms with E-state index in [-0.39, 0.29) is 36.8 Å². The second-order valence-corrected chi connectivity index (χ2v) is 6.22. The first-order valence-electron chi connectivity index (χ1n) is 7.48. The molecule has 0 spiro atoms. The maximum atomic E-state index is 12.8. The van der Waals surface area contributed by atoms with Crippen LogP contribution in [-0.4, -0.2) is 24.2 Å². The molecule has 0 bridgehead atoms. The highest BCUT2D eigenvalue weighted by Gasteiger charge is 2.42. The molecule has 0 heterocycles. The molecule has 3 N–H and O–H groups in total. The largest absolute Gasteiger partial charge is 0.391 e. The minimum absolute atomic E-state index is 0.0366. The van der Waals surface area contributed by atoms with Gasteiger partial charge in [0.2, 0.25) is 5.91 Å². The predicted molar refractivity (Wildman–Crippen MR) is 69.9 cm³/mol. The van der Waals surface area contributed by atoms with Gasteiger partial charge in [0.15, 0.2) is 0 Å². The minimum atomic E-state index is -4.07. The van der Waals surface area contributed by atoms with Crippen molar-refractivity contribution in [1.82, 2.24) is 5.32 Å². The summed E-state index contributed by atoms with van der Waals surface area (Å²) in [6, 6.07) is 0.202. The number of amides is 1. The van der Waals surface area contributed by atoms with Crippen molar-refractivity contribution in [3.63, 3.8) is 0 Å². The highest BCUT2D eigenvalue weighted by molar-refractivity contribution is 5.76. The molecule has 116 valence electrons. The summed E-state index contributed by atoms with van der Waals surface area (Å²) in [5.41, 5.74) is 5.28. The second kappa shape index (κ2) is 6.33. The van der Waals surface area contributed by atoms with E-state index in [0.29, 0.717) is 6.42 Å². The van der Waals surface area contributed by atoms with Gasteiger partial charge in [-0.15, -0.1) is 0 Å². The summed E-state index contributed by atoms with van der Waals surface area (Å²) < 4.78 is 38.3. The Kier molecular flexibility index (Phi) is 4.94. The van der Waals surface area contributed by atoms with E-state index in [1.807, 2.05) is 0 Å². The molecule has 0 radical (unpaired) electrons. The molecule has 0 aliphatic heterocycles. The highest BCUT2D eigenvalue weighted by atomic mass is 19.4. The van der Waals surface area contributed by atoms with Crippen molar-refractivity contribution >= 4 is 5.91 Å². The summed E-state index contributed by atoms with van der Waals surface area (Å²) in [6.07, 6.45) is 1.02. The fraction of sp³-hybridized carbons (Fsp3) is 0.929. The summed E-state index contributed by atoms with van der Waals surface area (Å²) in [5.74, 6) is -1.46. The molecular formula is C14H23F3N2O. The predicted octanol–water partition coefficient (Wildman–Crippen LogP) is 2.74. The van der Waals surface area contributed by atoms with Gasteiger partial charge in [-0.2, -0.15) is 13.2 Å². The Labute approximate surface area is 117 Å². The average molecular weight is 292 g/mol. The lowest BCUT2D eigenvalue weighted by Gasteiger charge is -2.35. The van der Waals surface area contributed by atoms with Crippen molar-refractivity contribution in [1.29, 1.82) is 0 Å². The van der Waals surface area contributed by atoms with E-state index in [1.54, 1.807) is 0 Å². The van der Waals surface area contributed by atoms with Gasteiger partial charge in [0.1, 0.15) is 0 Å². The molecule has 0 aromatic carbocycles. The molecule has 0 aromatic heterocycles. The molecule has 1 amide bonds. The van der Waals surface area contributed by atoms with Crippen LogP contribution in [0.1, 0.15) is 51.4 Å². The van der Waals surface area contributed by atoms with E-state index in [1.165, 1.54) is 0 Å². The summed E-state index contributed by atoms with van der Waals surface area (Å²) in [4.78, 5) is 11.1. The topological polar surface area (TPSA) is 55.1 Å². The van der Waals surface area contributed by atoms with E-state index in [9.17, 15) is 18.0 Å². The third kappa shape index (κ3) is 4.11. The summed E-state index contributed by atoms with van der Waals surface area (Å²) in [6.45, 7) is 0. The Morgan fingerprint density at radius 2 is 1.65 bits per heavy atom. The number of carbonyl (C=O) groups excluding carboxylic acids is 1. The van der Waals surface area contributed by atoms with Crippen LogP contribution in [0.4, 0.5) is 13.2 Å². The first-order chi connectivity index (χ1) is 9.36. The lowest BCUT2D eigenvalue weighted by molar-refractivity contribution is -0.184. The normalized spacial score (nSPS) is 35.8. The van der Waals surface area contributed by atoms with E-state index >= 15 is 0 Å². The van der Waals surface area contributed by atoms with Gasteiger partial charge in [0, 0.05) is 18.0 Å². The standard InChI is InChI=1S/C14H23F3N2O/c15-14(16,17)10-2-1-3-12(8-10)19-11-6-4-9(5-7-11)13(18)20/h9-12,19H,1-8H2,(H2,18,20). The van der Waals surface area contributed by atoms with Crippen LogP contribution in [0.25, 0.3) is 0 Å². The van der Waals surface area contributed by atoms with Crippen LogP contribution < -0.4 is 11.1 Å². The van der Waals surface area contributed by atoms with Crippen molar-refractivity contribution in [2.45, 2.75) is 69.6 Å². The number of rotatable bonds is 3. The summed E-state index contributed by atoms with van der Waals surface area (Å²) >= 11 is 0. The van der Waals surface area contributed by atoms with E-state index in [4.69, 9.17) is 5.73 Å². The first kappa shape index (κ1) is 15.6. The van der Waals surface area contributed by atoms with Crippen LogP contribution in [0, 0.1) is 11.8 Å². The molecule has 20 heavy (non-hydrogen) atoms. The summed E-state index contributed by atoms with van der Waals surface area (Å²) in [5, 5.41) is 3.37. The van der Waals surface area contributed by atoms with Crippen LogP contribution in [0.2, 0.25) is 0 Å². The van der Waals surface area contributed by atoms with Crippen LogP contribution in [0.3, 0.4) is 0 Å². The Morgan fingerprint density at radius 1 is 1.00 bits per heavy atom. The number of primary amides is 1. The monoisotopic (exact) mass is 292 g/mol. The molecule has 0 aromatic rings. The number of hydrogen-bond acceptors (Lipinski definition) is 2. The molecule has 6 heteroatoms. The quantitative estimate of drug-likeness (QED) is 0.840. The van der Waals surface area contributed by atoms with Crippen molar-refractivity contribution in [3.8, 4) is 0 Å². The molecule has 2 rings (SSSR count). The second-order valence-electron chi connectivity index (χ2n) is 6.22. The Bertz CT molecular complexity index is 338. The van der Waals surface area contributed by atoms with E-state index in [0.717, 1.165) is 32.1 Å². The van der Waals surface area contributed by atoms with Gasteiger partial charge in [-0.05, 0) is 44.9 Å². The molecule has 3 nitrogen and oxygen atoms in total. The van der Waals surface area contributed by atoms with Crippen LogP contribution in [-0.2, 0) is 4.79 Å². The molecule has 2 unspecified atom stereocenters. The molecule has 2 fully saturated rings. The van der Waals surface area contributed by atoms with Gasteiger partial charge in [-0.1, -0.05) is 6.42 Å². The number of nitrogens with two attached hydrogens (primary N) is 1. The number of halogens is 3. The molecule has 2 aliphatic rings. The smallest absolute Gasteiger partial charge is 0.369 e. The first-order valence-corrected chi connectivity index (χ1v) is 7.48. The lowest BCUT2D eigenvalue weighted by atomic mass is 9.82. The third-order valence-electron chi connectivity index (χ3n) is 4.74. The van der Waals surface area contributed by atoms with Gasteiger partial charge in [0.05, 0.1) is 5.92 Å². The fourth-order valence-corrected chi connectivity index (χ4v) is 3.52. The van der Waals surface area contributed by atoms with Gasteiger partial charge >= 0.3 is 6.18 Å². The van der Waals surface area contributed by atoms with Gasteiger partial charge in [-0.25, -0.2) is 0 Å². The molecule has 2 aliphatic carbocycles. The maximum Gasteiger partial charge on any atom is 0.391 e. The Balaban J connectivity index is 1.78. The molecule has 2 saturated carbocycles. The van der Waals surface area contributed by atoms with E-state index < -0.39 is 12.1 Å². The fourth-order valence-electron chi connectivity index (χ4n) is 3.52. The van der Waals surface area contributed by atoms with Crippen molar-refractivity contribution in [3.05, 3.63) is 0 Å². The van der Waals surface area contributed by atoms with Gasteiger partial charge in [-0.3, -0.25) is 4.79 Å². The number of carbonyl (C=O) groups is 1. The Morgan fingerprint density at radius 3 is 2.20 bits per heavy atom. The maximum absolute atomic E-state index is 12.8. The van der Waals surface area contributed by atoms with Gasteiger partial charge < -0.3 is 11.1 Å². The van der Waals surface area contributed by atoms with Crippen LogP contribution in [0.15, 0.2) is 0 Å². The Hall–Kier alpha value is -0.780. The average Bonchev–Trinajstić information content (AvgIpc) is 2.38. The minimum Gasteiger partial charge on any atom is -0.369 e. The zero-order chi connectivity index (χ0) is 14.8. The number of hydrogen-bond donors (Lipinski definition) is 2. The number of alkyl halides is 3. The molecule has 0 saturated heterocycles. The van der Waals surface area contributed by atoms with Crippen molar-refractivity contribution in [2.75, 3.05) is 0 Å².